The molecule has 0 aromatic rings. The van der Waals surface area contributed by atoms with Gasteiger partial charge in [-0.3, -0.25) is 0 Å². The van der Waals surface area contributed by atoms with Crippen LogP contribution in [-0.2, 0) is 0 Å². The highest BCUT2D eigenvalue weighted by Crippen LogP contribution is 2.30. The molecule has 0 aromatic carbocycles. The predicted molar refractivity (Wildman–Crippen MR) is 217 cm³/mol. The normalized spacial score (nSPS) is 16.0. The molecule has 0 aliphatic heterocycles. The smallest absolute Gasteiger partial charge is 0.167 e. The second-order valence-corrected chi connectivity index (χ2v) is 13.0. The van der Waals surface area contributed by atoms with Crippen molar-refractivity contribution in [1.29, 1.82) is 0 Å². The summed E-state index contributed by atoms with van der Waals surface area (Å²) in [5, 5.41) is 7.57. The third kappa shape index (κ3) is 29.9. The van der Waals surface area contributed by atoms with Crippen LogP contribution in [0.3, 0.4) is 0 Å². The molecule has 0 saturated heterocycles. The lowest BCUT2D eigenvalue weighted by atomic mass is 9.82. The summed E-state index contributed by atoms with van der Waals surface area (Å²) in [6.07, 6.45) is 35.5. The van der Waals surface area contributed by atoms with Crippen LogP contribution in [-0.4, -0.2) is 17.9 Å². The first-order valence-electron chi connectivity index (χ1n) is 17.8. The van der Waals surface area contributed by atoms with E-state index in [2.05, 4.69) is 137 Å². The van der Waals surface area contributed by atoms with Crippen molar-refractivity contribution in [2.45, 2.75) is 128 Å². The number of allylic oxidation sites excluding steroid dienone is 18. The Hall–Kier alpha value is -3.23. The van der Waals surface area contributed by atoms with E-state index in [0.29, 0.717) is 0 Å². The highest BCUT2D eigenvalue weighted by atomic mass is 16.2. The molecule has 0 amide bonds. The molecule has 264 valence electrons. The van der Waals surface area contributed by atoms with E-state index in [0.717, 1.165) is 29.1 Å². The molecule has 1 aliphatic carbocycles. The van der Waals surface area contributed by atoms with E-state index in [1.165, 1.54) is 55.2 Å². The molecular formula is C45H74NO+. The Morgan fingerprint density at radius 1 is 0.851 bits per heavy atom. The molecule has 2 N–H and O–H groups in total. The summed E-state index contributed by atoms with van der Waals surface area (Å²) >= 11 is 0. The van der Waals surface area contributed by atoms with Crippen LogP contribution in [0.25, 0.3) is 0 Å². The van der Waals surface area contributed by atoms with Crippen molar-refractivity contribution in [2.24, 2.45) is 11.3 Å². The zero-order valence-electron chi connectivity index (χ0n) is 32.8. The van der Waals surface area contributed by atoms with Gasteiger partial charge in [0.1, 0.15) is 0 Å². The maximum Gasteiger partial charge on any atom is 0.167 e. The standard InChI is InChI=1S/C28H39N.C11H18.C4H10.C2H6O/c1-10-28(8,9)27(7)18-17-24(4)15-12-16-26(6)20-22-29-21-19-25(5)14-11-13-23(2)3;1-4-11-9(2)7-5-6-8-10(11)3;1-3-4-2;1-2-3/h11-22H,5,7,10H2,1-4,6,8-9H3;4,9H,1,5-8H2,2-3H3;3-4H2,1-2H3;3H,2H2,1H3/p+1/b14-11+,16-12+,18-17+,21-19-,24-15+,26-20+,29-22+;;;. The highest BCUT2D eigenvalue weighted by Gasteiger charge is 2.16. The van der Waals surface area contributed by atoms with Crippen LogP contribution in [0.5, 0.6) is 0 Å². The minimum absolute atomic E-state index is 0.150. The molecule has 0 radical (unpaired) electrons. The average Bonchev–Trinajstić information content (AvgIpc) is 3.19. The molecule has 0 bridgehead atoms. The van der Waals surface area contributed by atoms with Crippen LogP contribution >= 0.6 is 0 Å². The summed E-state index contributed by atoms with van der Waals surface area (Å²) < 4.78 is 0. The predicted octanol–water partition coefficient (Wildman–Crippen LogP) is 12.2. The van der Waals surface area contributed by atoms with Crippen LogP contribution in [0.2, 0.25) is 0 Å². The van der Waals surface area contributed by atoms with Crippen LogP contribution in [0.1, 0.15) is 128 Å². The molecule has 0 fully saturated rings. The molecule has 47 heavy (non-hydrogen) atoms. The minimum Gasteiger partial charge on any atom is -0.397 e. The van der Waals surface area contributed by atoms with Crippen LogP contribution in [0.4, 0.5) is 0 Å². The summed E-state index contributed by atoms with van der Waals surface area (Å²) in [6, 6.07) is 0. The van der Waals surface area contributed by atoms with Crippen molar-refractivity contribution in [1.82, 2.24) is 0 Å². The Morgan fingerprint density at radius 2 is 1.43 bits per heavy atom. The molecule has 1 unspecified atom stereocenters. The van der Waals surface area contributed by atoms with Crippen molar-refractivity contribution < 1.29 is 10.1 Å². The van der Waals surface area contributed by atoms with Crippen LogP contribution < -0.4 is 4.99 Å². The summed E-state index contributed by atoms with van der Waals surface area (Å²) in [6.45, 7) is 37.9. The van der Waals surface area contributed by atoms with Gasteiger partial charge >= 0.3 is 0 Å². The molecule has 0 aromatic heterocycles. The van der Waals surface area contributed by atoms with Crippen molar-refractivity contribution in [3.63, 3.8) is 0 Å². The van der Waals surface area contributed by atoms with Crippen LogP contribution in [0.15, 0.2) is 132 Å². The third-order valence-corrected chi connectivity index (χ3v) is 7.78. The van der Waals surface area contributed by atoms with Gasteiger partial charge in [0, 0.05) is 18.8 Å². The Balaban J connectivity index is -0.000000870. The number of aliphatic hydroxyl groups excluding tert-OH is 1. The quantitative estimate of drug-likeness (QED) is 0.152. The first-order chi connectivity index (χ1) is 22.2. The number of nitrogens with one attached hydrogen (secondary N) is 1. The first-order valence-corrected chi connectivity index (χ1v) is 17.8. The van der Waals surface area contributed by atoms with Gasteiger partial charge in [0.25, 0.3) is 0 Å². The highest BCUT2D eigenvalue weighted by molar-refractivity contribution is 5.67. The van der Waals surface area contributed by atoms with E-state index in [-0.39, 0.29) is 12.0 Å². The average molecular weight is 645 g/mol. The van der Waals surface area contributed by atoms with E-state index < -0.39 is 0 Å². The Morgan fingerprint density at radius 3 is 1.96 bits per heavy atom. The molecule has 1 aliphatic rings. The number of rotatable bonds is 13. The molecule has 1 rings (SSSR count). The first kappa shape index (κ1) is 48.2. The SMILES string of the molecule is C=C(\C=C/[NH+]=C/C=C(C)/C=C/C=C(C)/C=C/C(=C)C(C)(C)CC)/C=C/C=C(C)C.C=CC1=C(C)CCCCC1C.CCCC.CCO. The molecule has 1 atom stereocenters. The summed E-state index contributed by atoms with van der Waals surface area (Å²) in [4.78, 5) is 3.14. The number of hydrogen-bond donors (Lipinski definition) is 2. The van der Waals surface area contributed by atoms with Gasteiger partial charge in [-0.2, -0.15) is 0 Å². The van der Waals surface area contributed by atoms with Gasteiger partial charge in [0.2, 0.25) is 0 Å². The topological polar surface area (TPSA) is 34.2 Å². The van der Waals surface area contributed by atoms with E-state index in [1.807, 2.05) is 42.8 Å². The van der Waals surface area contributed by atoms with Gasteiger partial charge < -0.3 is 5.11 Å². The Bertz CT molecular complexity index is 1150. The largest absolute Gasteiger partial charge is 0.397 e. The van der Waals surface area contributed by atoms with E-state index >= 15 is 0 Å². The number of unbranched alkanes of at least 4 members (excludes halogenated alkanes) is 1. The fraction of sp³-hybridized carbons (Fsp3) is 0.489. The third-order valence-electron chi connectivity index (χ3n) is 7.78. The lowest BCUT2D eigenvalue weighted by molar-refractivity contribution is -0.365. The lowest BCUT2D eigenvalue weighted by Crippen LogP contribution is -2.60. The van der Waals surface area contributed by atoms with Gasteiger partial charge in [0.05, 0.1) is 0 Å². The fourth-order valence-corrected chi connectivity index (χ4v) is 3.89. The molecule has 0 heterocycles. The van der Waals surface area contributed by atoms with Crippen LogP contribution in [0, 0.1) is 11.3 Å². The van der Waals surface area contributed by atoms with Gasteiger partial charge in [-0.25, -0.2) is 4.99 Å². The van der Waals surface area contributed by atoms with Crippen molar-refractivity contribution in [2.75, 3.05) is 6.61 Å². The van der Waals surface area contributed by atoms with Crippen molar-refractivity contribution >= 4 is 6.21 Å². The summed E-state index contributed by atoms with van der Waals surface area (Å²) in [5.74, 6) is 0.745. The maximum atomic E-state index is 7.57. The van der Waals surface area contributed by atoms with E-state index in [1.54, 1.807) is 12.5 Å². The maximum absolute atomic E-state index is 7.57. The monoisotopic (exact) mass is 645 g/mol. The second kappa shape index (κ2) is 31.4. The zero-order chi connectivity index (χ0) is 36.7. The Kier molecular flexibility index (Phi) is 32.2. The lowest BCUT2D eigenvalue weighted by Gasteiger charge is -2.23. The summed E-state index contributed by atoms with van der Waals surface area (Å²) in [7, 11) is 0. The van der Waals surface area contributed by atoms with Crippen molar-refractivity contribution in [3.05, 3.63) is 132 Å². The second-order valence-electron chi connectivity index (χ2n) is 13.0. The molecular weight excluding hydrogens is 571 g/mol. The molecule has 0 spiro atoms. The van der Waals surface area contributed by atoms with E-state index in [9.17, 15) is 0 Å². The van der Waals surface area contributed by atoms with Gasteiger partial charge in [-0.05, 0) is 101 Å². The van der Waals surface area contributed by atoms with E-state index in [4.69, 9.17) is 5.11 Å². The van der Waals surface area contributed by atoms with Crippen molar-refractivity contribution in [3.8, 4) is 0 Å². The minimum atomic E-state index is 0.150. The van der Waals surface area contributed by atoms with Gasteiger partial charge in [-0.1, -0.05) is 152 Å². The number of hydrogen-bond acceptors (Lipinski definition) is 1. The van der Waals surface area contributed by atoms with Gasteiger partial charge in [0.15, 0.2) is 12.4 Å². The zero-order valence-corrected chi connectivity index (χ0v) is 32.8. The molecule has 2 heteroatoms. The fourth-order valence-electron chi connectivity index (χ4n) is 3.89. The Labute approximate surface area is 293 Å². The van der Waals surface area contributed by atoms with Gasteiger partial charge in [-0.15, -0.1) is 0 Å². The molecule has 0 saturated carbocycles. The number of aliphatic hydroxyl groups is 1. The summed E-state index contributed by atoms with van der Waals surface area (Å²) in [5.41, 5.74) is 8.96. The molecule has 2 nitrogen and oxygen atoms in total.